The summed E-state index contributed by atoms with van der Waals surface area (Å²) in [6.45, 7) is 0.185. The lowest BCUT2D eigenvalue weighted by molar-refractivity contribution is 0.274. The second kappa shape index (κ2) is 8.42. The maximum absolute atomic E-state index is 13.6. The van der Waals surface area contributed by atoms with Gasteiger partial charge >= 0.3 is 0 Å². The van der Waals surface area contributed by atoms with Gasteiger partial charge in [-0.3, -0.25) is 4.90 Å². The maximum Gasteiger partial charge on any atom is 0.204 e. The summed E-state index contributed by atoms with van der Waals surface area (Å²) in [6.07, 6.45) is 1.43. The van der Waals surface area contributed by atoms with Gasteiger partial charge in [-0.1, -0.05) is 66.7 Å². The van der Waals surface area contributed by atoms with Gasteiger partial charge in [-0.25, -0.2) is 16.8 Å². The molecule has 5 nitrogen and oxygen atoms in total. The lowest BCUT2D eigenvalue weighted by atomic mass is 10.0. The molecule has 1 aliphatic heterocycles. The van der Waals surface area contributed by atoms with Crippen molar-refractivity contribution in [2.75, 3.05) is 13.6 Å². The van der Waals surface area contributed by atoms with Crippen molar-refractivity contribution in [1.82, 2.24) is 4.90 Å². The van der Waals surface area contributed by atoms with Gasteiger partial charge in [0.1, 0.15) is 0 Å². The van der Waals surface area contributed by atoms with E-state index in [0.29, 0.717) is 0 Å². The molecule has 1 aliphatic rings. The van der Waals surface area contributed by atoms with E-state index in [-0.39, 0.29) is 21.2 Å². The highest BCUT2D eigenvalue weighted by molar-refractivity contribution is 7.95. The van der Waals surface area contributed by atoms with Crippen LogP contribution in [0.5, 0.6) is 0 Å². The Labute approximate surface area is 183 Å². The zero-order chi connectivity index (χ0) is 22.1. The van der Waals surface area contributed by atoms with Crippen molar-refractivity contribution in [1.29, 1.82) is 0 Å². The molecule has 0 unspecified atom stereocenters. The molecule has 2 atom stereocenters. The Morgan fingerprint density at radius 3 is 1.74 bits per heavy atom. The molecule has 0 amide bonds. The minimum atomic E-state index is -3.91. The average molecular weight is 454 g/mol. The third-order valence-corrected chi connectivity index (χ3v) is 9.36. The summed E-state index contributed by atoms with van der Waals surface area (Å²) in [4.78, 5) is 2.21. The van der Waals surface area contributed by atoms with Crippen LogP contribution < -0.4 is 0 Å². The first-order chi connectivity index (χ1) is 14.8. The Bertz CT molecular complexity index is 1290. The van der Waals surface area contributed by atoms with Gasteiger partial charge in [-0.15, -0.1) is 0 Å². The van der Waals surface area contributed by atoms with Gasteiger partial charge in [-0.05, 0) is 43.0 Å². The van der Waals surface area contributed by atoms with Crippen LogP contribution >= 0.6 is 0 Å². The van der Waals surface area contributed by atoms with Gasteiger partial charge in [0.15, 0.2) is 9.84 Å². The molecule has 31 heavy (non-hydrogen) atoms. The number of rotatable bonds is 5. The molecule has 0 bridgehead atoms. The molecule has 3 aromatic rings. The normalized spacial score (nSPS) is 20.2. The molecule has 0 saturated heterocycles. The van der Waals surface area contributed by atoms with E-state index in [4.69, 9.17) is 0 Å². The second-order valence-electron chi connectivity index (χ2n) is 7.53. The first kappa shape index (κ1) is 21.5. The van der Waals surface area contributed by atoms with E-state index in [0.717, 1.165) is 5.56 Å². The topological polar surface area (TPSA) is 71.5 Å². The Morgan fingerprint density at radius 2 is 1.19 bits per heavy atom. The maximum atomic E-state index is 13.6. The molecule has 0 radical (unpaired) electrons. The Hall–Kier alpha value is -2.74. The van der Waals surface area contributed by atoms with Gasteiger partial charge in [0, 0.05) is 6.54 Å². The molecule has 0 fully saturated rings. The monoisotopic (exact) mass is 453 g/mol. The minimum absolute atomic E-state index is 0.0863. The van der Waals surface area contributed by atoms with Crippen LogP contribution in [-0.4, -0.2) is 40.6 Å². The van der Waals surface area contributed by atoms with E-state index in [9.17, 15) is 16.8 Å². The molecular formula is C24H23NO4S2. The number of sulfone groups is 2. The van der Waals surface area contributed by atoms with E-state index in [1.165, 1.54) is 30.3 Å². The van der Waals surface area contributed by atoms with Crippen molar-refractivity contribution in [3.05, 3.63) is 108 Å². The van der Waals surface area contributed by atoms with Crippen molar-refractivity contribution in [3.8, 4) is 0 Å². The van der Waals surface area contributed by atoms with Crippen LogP contribution in [0.25, 0.3) is 0 Å². The first-order valence-corrected chi connectivity index (χ1v) is 12.9. The molecule has 3 aromatic carbocycles. The summed E-state index contributed by atoms with van der Waals surface area (Å²) in [6, 6.07) is 25.0. The molecular weight excluding hydrogens is 430 g/mol. The van der Waals surface area contributed by atoms with Gasteiger partial charge in [0.2, 0.25) is 9.84 Å². The highest BCUT2D eigenvalue weighted by Gasteiger charge is 2.40. The summed E-state index contributed by atoms with van der Waals surface area (Å²) in [5.41, 5.74) is 0.798. The zero-order valence-electron chi connectivity index (χ0n) is 17.0. The van der Waals surface area contributed by atoms with Crippen molar-refractivity contribution in [2.24, 2.45) is 0 Å². The Morgan fingerprint density at radius 1 is 0.710 bits per heavy atom. The van der Waals surface area contributed by atoms with E-state index >= 15 is 0 Å². The van der Waals surface area contributed by atoms with E-state index in [1.54, 1.807) is 48.3 Å². The summed E-state index contributed by atoms with van der Waals surface area (Å²) in [5.74, 6) is 0. The first-order valence-electron chi connectivity index (χ1n) is 9.88. The van der Waals surface area contributed by atoms with E-state index < -0.39 is 31.0 Å². The fourth-order valence-corrected chi connectivity index (χ4v) is 7.40. The van der Waals surface area contributed by atoms with Crippen LogP contribution in [0.4, 0.5) is 0 Å². The average Bonchev–Trinajstić information content (AvgIpc) is 2.80. The smallest absolute Gasteiger partial charge is 0.204 e. The molecule has 1 heterocycles. The van der Waals surface area contributed by atoms with Crippen LogP contribution in [0, 0.1) is 0 Å². The molecule has 0 aromatic heterocycles. The van der Waals surface area contributed by atoms with E-state index in [2.05, 4.69) is 0 Å². The van der Waals surface area contributed by atoms with Gasteiger partial charge in [0.25, 0.3) is 0 Å². The summed E-state index contributed by atoms with van der Waals surface area (Å²) in [5, 5.41) is -0.978. The number of hydrogen-bond acceptors (Lipinski definition) is 5. The molecule has 0 saturated carbocycles. The second-order valence-corrected chi connectivity index (χ2v) is 11.7. The van der Waals surface area contributed by atoms with E-state index in [1.807, 2.05) is 30.3 Å². The number of benzene rings is 3. The third-order valence-electron chi connectivity index (χ3n) is 5.48. The van der Waals surface area contributed by atoms with Gasteiger partial charge in [0.05, 0.1) is 26.0 Å². The molecule has 7 heteroatoms. The SMILES string of the molecule is CN1C[C@H](S(=O)(=O)c2ccccc2)C=C(S(=O)(=O)c2ccccc2)[C@@H]1c1ccccc1. The summed E-state index contributed by atoms with van der Waals surface area (Å²) in [7, 11) is -5.91. The number of likely N-dealkylation sites (N-methyl/N-ethyl adjacent to an activating group) is 1. The fourth-order valence-electron chi connectivity index (χ4n) is 3.93. The lowest BCUT2D eigenvalue weighted by Gasteiger charge is -2.37. The van der Waals surface area contributed by atoms with Crippen molar-refractivity contribution < 1.29 is 16.8 Å². The Kier molecular flexibility index (Phi) is 5.83. The predicted molar refractivity (Wildman–Crippen MR) is 121 cm³/mol. The molecule has 0 N–H and O–H groups in total. The third kappa shape index (κ3) is 4.08. The predicted octanol–water partition coefficient (Wildman–Crippen LogP) is 3.87. The van der Waals surface area contributed by atoms with Crippen molar-refractivity contribution in [3.63, 3.8) is 0 Å². The van der Waals surface area contributed by atoms with Crippen LogP contribution in [0.15, 0.2) is 112 Å². The molecule has 0 spiro atoms. The highest BCUT2D eigenvalue weighted by atomic mass is 32.2. The standard InChI is InChI=1S/C24H23NO4S2/c1-25-18-22(30(26,27)20-13-7-3-8-14-20)17-23(24(25)19-11-5-2-6-12-19)31(28,29)21-15-9-4-10-16-21/h2-17,22,24H,18H2,1H3/t22-,24+/m1/s1. The molecule has 160 valence electrons. The molecule has 4 rings (SSSR count). The lowest BCUT2D eigenvalue weighted by Crippen LogP contribution is -2.42. The quantitative estimate of drug-likeness (QED) is 0.586. The number of nitrogens with zero attached hydrogens (tertiary/aromatic N) is 1. The van der Waals surface area contributed by atoms with Gasteiger partial charge in [-0.2, -0.15) is 0 Å². The van der Waals surface area contributed by atoms with Crippen molar-refractivity contribution >= 4 is 19.7 Å². The van der Waals surface area contributed by atoms with Crippen LogP contribution in [0.2, 0.25) is 0 Å². The zero-order valence-corrected chi connectivity index (χ0v) is 18.6. The largest absolute Gasteiger partial charge is 0.293 e. The summed E-state index contributed by atoms with van der Waals surface area (Å²) < 4.78 is 53.9. The van der Waals surface area contributed by atoms with Crippen LogP contribution in [0.1, 0.15) is 11.6 Å². The van der Waals surface area contributed by atoms with Crippen molar-refractivity contribution in [2.45, 2.75) is 21.1 Å². The van der Waals surface area contributed by atoms with Crippen LogP contribution in [0.3, 0.4) is 0 Å². The van der Waals surface area contributed by atoms with Gasteiger partial charge < -0.3 is 0 Å². The molecule has 0 aliphatic carbocycles. The minimum Gasteiger partial charge on any atom is -0.293 e. The highest BCUT2D eigenvalue weighted by Crippen LogP contribution is 2.39. The summed E-state index contributed by atoms with van der Waals surface area (Å²) >= 11 is 0. The number of hydrogen-bond donors (Lipinski definition) is 0. The fraction of sp³-hybridized carbons (Fsp3) is 0.167. The Balaban J connectivity index is 1.90. The van der Waals surface area contributed by atoms with Crippen LogP contribution in [-0.2, 0) is 19.7 Å².